The van der Waals surface area contributed by atoms with Crippen LogP contribution < -0.4 is 11.2 Å². The van der Waals surface area contributed by atoms with Gasteiger partial charge in [0, 0.05) is 12.3 Å². The first kappa shape index (κ1) is 6.73. The normalized spacial score (nSPS) is 9.70. The van der Waals surface area contributed by atoms with Crippen LogP contribution >= 0.6 is 0 Å². The molecule has 1 heterocycles. The summed E-state index contributed by atoms with van der Waals surface area (Å²) in [6, 6.07) is 1.08. The van der Waals surface area contributed by atoms with Crippen molar-refractivity contribution in [3.8, 4) is 0 Å². The molecule has 1 aromatic heterocycles. The molecule has 4 nitrogen and oxygen atoms in total. The number of nitrogens with zero attached hydrogens (tertiary/aromatic N) is 1. The molecule has 0 unspecified atom stereocenters. The second-order valence-corrected chi connectivity index (χ2v) is 1.70. The summed E-state index contributed by atoms with van der Waals surface area (Å²) in [5.74, 6) is 0. The van der Waals surface area contributed by atoms with Crippen LogP contribution in [-0.2, 0) is 6.80 Å². The summed E-state index contributed by atoms with van der Waals surface area (Å²) in [5, 5.41) is 0. The van der Waals surface area contributed by atoms with Gasteiger partial charge in [-0.15, -0.1) is 0 Å². The zero-order valence-corrected chi connectivity index (χ0v) is 5.00. The molecule has 0 atom stereocenters. The van der Waals surface area contributed by atoms with Gasteiger partial charge in [0.2, 0.25) is 0 Å². The van der Waals surface area contributed by atoms with Gasteiger partial charge in [-0.05, 0) is 0 Å². The van der Waals surface area contributed by atoms with E-state index in [2.05, 4.69) is 0 Å². The van der Waals surface area contributed by atoms with Crippen LogP contribution in [0.1, 0.15) is 0 Å². The summed E-state index contributed by atoms with van der Waals surface area (Å²) in [5.41, 5.74) is -1.25. The highest BCUT2D eigenvalue weighted by Gasteiger charge is 1.91. The fourth-order valence-electron chi connectivity index (χ4n) is 0.538. The van der Waals surface area contributed by atoms with Crippen molar-refractivity contribution in [2.24, 2.45) is 0 Å². The number of rotatable bonds is 1. The fourth-order valence-corrected chi connectivity index (χ4v) is 0.538. The summed E-state index contributed by atoms with van der Waals surface area (Å²) < 4.78 is 12.5. The molecule has 1 N–H and O–H groups in total. The predicted molar refractivity (Wildman–Crippen MR) is 32.4 cm³/mol. The Morgan fingerprint density at radius 2 is 2.30 bits per heavy atom. The van der Waals surface area contributed by atoms with Gasteiger partial charge in [0.1, 0.15) is 0 Å². The highest BCUT2D eigenvalue weighted by Crippen LogP contribution is 1.74. The summed E-state index contributed by atoms with van der Waals surface area (Å²) in [4.78, 5) is 22.8. The van der Waals surface area contributed by atoms with Crippen molar-refractivity contribution in [2.75, 3.05) is 0 Å². The Hall–Kier alpha value is -1.39. The molecule has 1 rings (SSSR count). The van der Waals surface area contributed by atoms with Crippen LogP contribution in [0.3, 0.4) is 0 Å². The zero-order valence-electron chi connectivity index (χ0n) is 5.00. The van der Waals surface area contributed by atoms with Crippen molar-refractivity contribution in [1.82, 2.24) is 9.55 Å². The Labute approximate surface area is 54.9 Å². The van der Waals surface area contributed by atoms with Crippen LogP contribution in [0.5, 0.6) is 0 Å². The first-order valence-corrected chi connectivity index (χ1v) is 2.60. The van der Waals surface area contributed by atoms with E-state index in [4.69, 9.17) is 0 Å². The molecule has 0 amide bonds. The van der Waals surface area contributed by atoms with Gasteiger partial charge < -0.3 is 0 Å². The second kappa shape index (κ2) is 2.47. The van der Waals surface area contributed by atoms with E-state index < -0.39 is 18.0 Å². The van der Waals surface area contributed by atoms with Crippen LogP contribution in [0, 0.1) is 0 Å². The van der Waals surface area contributed by atoms with Gasteiger partial charge in [-0.25, -0.2) is 9.18 Å². The summed E-state index contributed by atoms with van der Waals surface area (Å²) in [6.07, 6.45) is 1.10. The van der Waals surface area contributed by atoms with E-state index in [9.17, 15) is 14.0 Å². The van der Waals surface area contributed by atoms with Gasteiger partial charge in [-0.3, -0.25) is 14.3 Å². The standard InChI is InChI=1S/C5H5FN2O2/c6-3-8-2-1-4(9)7-5(8)10/h1-2H,3H2,(H,7,9,10). The number of nitrogens with one attached hydrogen (secondary N) is 1. The molecule has 0 saturated heterocycles. The first-order chi connectivity index (χ1) is 4.74. The fraction of sp³-hybridized carbons (Fsp3) is 0.200. The topological polar surface area (TPSA) is 54.9 Å². The van der Waals surface area contributed by atoms with Crippen molar-refractivity contribution in [3.05, 3.63) is 33.1 Å². The highest BCUT2D eigenvalue weighted by atomic mass is 19.1. The van der Waals surface area contributed by atoms with Crippen LogP contribution in [0.4, 0.5) is 4.39 Å². The molecule has 0 saturated carbocycles. The van der Waals surface area contributed by atoms with E-state index in [1.807, 2.05) is 4.98 Å². The van der Waals surface area contributed by atoms with Gasteiger partial charge in [0.15, 0.2) is 6.80 Å². The molecule has 54 valence electrons. The molecule has 0 fully saturated rings. The SMILES string of the molecule is O=c1ccn(CF)c(=O)[nH]1. The van der Waals surface area contributed by atoms with Crippen LogP contribution in [0.15, 0.2) is 21.9 Å². The van der Waals surface area contributed by atoms with Gasteiger partial charge >= 0.3 is 5.69 Å². The molecular weight excluding hydrogens is 139 g/mol. The third-order valence-corrected chi connectivity index (χ3v) is 1.03. The van der Waals surface area contributed by atoms with Crippen LogP contribution in [-0.4, -0.2) is 9.55 Å². The maximum Gasteiger partial charge on any atom is 0.330 e. The molecule has 0 aromatic carbocycles. The number of alkyl halides is 1. The van der Waals surface area contributed by atoms with Crippen molar-refractivity contribution < 1.29 is 4.39 Å². The Balaban J connectivity index is 3.34. The number of hydrogen-bond acceptors (Lipinski definition) is 2. The van der Waals surface area contributed by atoms with Gasteiger partial charge in [-0.1, -0.05) is 0 Å². The van der Waals surface area contributed by atoms with Gasteiger partial charge in [0.05, 0.1) is 0 Å². The molecule has 5 heteroatoms. The third-order valence-electron chi connectivity index (χ3n) is 1.03. The molecule has 0 aliphatic heterocycles. The Bertz CT molecular complexity index is 327. The summed E-state index contributed by atoms with van der Waals surface area (Å²) in [7, 11) is 0. The Kier molecular flexibility index (Phi) is 1.66. The smallest absolute Gasteiger partial charge is 0.274 e. The minimum atomic E-state index is -0.921. The lowest BCUT2D eigenvalue weighted by atomic mass is 10.6. The monoisotopic (exact) mass is 144 g/mol. The molecule has 0 aliphatic carbocycles. The van der Waals surface area contributed by atoms with Crippen molar-refractivity contribution in [1.29, 1.82) is 0 Å². The molecule has 0 aliphatic rings. The van der Waals surface area contributed by atoms with E-state index in [1.54, 1.807) is 0 Å². The largest absolute Gasteiger partial charge is 0.330 e. The number of H-pyrrole nitrogens is 1. The molecule has 10 heavy (non-hydrogen) atoms. The lowest BCUT2D eigenvalue weighted by Crippen LogP contribution is -2.27. The Morgan fingerprint density at radius 3 is 2.80 bits per heavy atom. The lowest BCUT2D eigenvalue weighted by Gasteiger charge is -1.93. The van der Waals surface area contributed by atoms with Crippen molar-refractivity contribution in [2.45, 2.75) is 6.80 Å². The van der Waals surface area contributed by atoms with E-state index >= 15 is 0 Å². The number of halogens is 1. The minimum absolute atomic E-state index is 0.519. The van der Waals surface area contributed by atoms with E-state index in [0.717, 1.165) is 16.8 Å². The zero-order chi connectivity index (χ0) is 7.56. The van der Waals surface area contributed by atoms with Gasteiger partial charge in [0.25, 0.3) is 5.56 Å². The summed E-state index contributed by atoms with van der Waals surface area (Å²) >= 11 is 0. The van der Waals surface area contributed by atoms with E-state index in [1.165, 1.54) is 0 Å². The average Bonchev–Trinajstić information content (AvgIpc) is 1.88. The first-order valence-electron chi connectivity index (χ1n) is 2.60. The second-order valence-electron chi connectivity index (χ2n) is 1.70. The quantitative estimate of drug-likeness (QED) is 0.575. The van der Waals surface area contributed by atoms with E-state index in [0.29, 0.717) is 0 Å². The average molecular weight is 144 g/mol. The third kappa shape index (κ3) is 1.12. The van der Waals surface area contributed by atoms with Crippen molar-refractivity contribution >= 4 is 0 Å². The highest BCUT2D eigenvalue weighted by molar-refractivity contribution is 4.81. The molecule has 0 spiro atoms. The maximum absolute atomic E-state index is 11.8. The van der Waals surface area contributed by atoms with Gasteiger partial charge in [-0.2, -0.15) is 0 Å². The van der Waals surface area contributed by atoms with Crippen LogP contribution in [0.2, 0.25) is 0 Å². The molecule has 1 aromatic rings. The molecule has 0 bridgehead atoms. The number of aromatic nitrogens is 2. The summed E-state index contributed by atoms with van der Waals surface area (Å²) in [6.45, 7) is -0.921. The lowest BCUT2D eigenvalue weighted by molar-refractivity contribution is 0.364. The van der Waals surface area contributed by atoms with Crippen LogP contribution in [0.25, 0.3) is 0 Å². The Morgan fingerprint density at radius 1 is 1.60 bits per heavy atom. The predicted octanol–water partition coefficient (Wildman–Crippen LogP) is -0.536. The maximum atomic E-state index is 11.8. The minimum Gasteiger partial charge on any atom is -0.274 e. The number of aromatic amines is 1. The number of hydrogen-bond donors (Lipinski definition) is 1. The molecular formula is C5H5FN2O2. The van der Waals surface area contributed by atoms with E-state index in [-0.39, 0.29) is 0 Å². The van der Waals surface area contributed by atoms with Crippen molar-refractivity contribution in [3.63, 3.8) is 0 Å². The molecule has 0 radical (unpaired) electrons.